The van der Waals surface area contributed by atoms with Crippen LogP contribution in [0, 0.1) is 11.8 Å². The molecule has 0 aliphatic heterocycles. The highest BCUT2D eigenvalue weighted by Gasteiger charge is 2.29. The number of rotatable bonds is 5. The monoisotopic (exact) mass is 266 g/mol. The lowest BCUT2D eigenvalue weighted by Gasteiger charge is -2.40. The number of hydrogen-bond donors (Lipinski definition) is 1. The molecule has 0 aromatic rings. The smallest absolute Gasteiger partial charge is 0.0135 e. The quantitative estimate of drug-likeness (QED) is 0.767. The van der Waals surface area contributed by atoms with Gasteiger partial charge in [-0.3, -0.25) is 0 Å². The van der Waals surface area contributed by atoms with Crippen molar-refractivity contribution in [3.05, 3.63) is 0 Å². The zero-order chi connectivity index (χ0) is 13.5. The molecule has 2 aliphatic rings. The van der Waals surface area contributed by atoms with E-state index in [-0.39, 0.29) is 0 Å². The SMILES string of the molecule is CCN(CC1CCCCCC1)C1CCCCC1CN. The molecular formula is C17H34N2. The third-order valence-electron chi connectivity index (χ3n) is 5.51. The molecule has 0 aromatic carbocycles. The molecule has 0 saturated heterocycles. The van der Waals surface area contributed by atoms with E-state index in [4.69, 9.17) is 5.73 Å². The number of nitrogens with two attached hydrogens (primary N) is 1. The van der Waals surface area contributed by atoms with Crippen molar-refractivity contribution in [3.8, 4) is 0 Å². The second-order valence-electron chi connectivity index (χ2n) is 6.79. The van der Waals surface area contributed by atoms with E-state index in [1.54, 1.807) is 0 Å². The Labute approximate surface area is 120 Å². The van der Waals surface area contributed by atoms with Crippen LogP contribution in [-0.4, -0.2) is 30.6 Å². The molecule has 2 unspecified atom stereocenters. The zero-order valence-electron chi connectivity index (χ0n) is 12.9. The van der Waals surface area contributed by atoms with Gasteiger partial charge in [-0.05, 0) is 50.6 Å². The summed E-state index contributed by atoms with van der Waals surface area (Å²) in [5.41, 5.74) is 6.02. The molecule has 2 saturated carbocycles. The van der Waals surface area contributed by atoms with Gasteiger partial charge in [0.1, 0.15) is 0 Å². The summed E-state index contributed by atoms with van der Waals surface area (Å²) >= 11 is 0. The molecule has 2 N–H and O–H groups in total. The Hall–Kier alpha value is -0.0800. The average molecular weight is 266 g/mol. The van der Waals surface area contributed by atoms with E-state index >= 15 is 0 Å². The Bertz CT molecular complexity index is 233. The predicted octanol–water partition coefficient (Wildman–Crippen LogP) is 3.80. The molecule has 2 aliphatic carbocycles. The molecule has 2 atom stereocenters. The second-order valence-corrected chi connectivity index (χ2v) is 6.79. The molecule has 0 bridgehead atoms. The van der Waals surface area contributed by atoms with E-state index in [0.29, 0.717) is 0 Å². The van der Waals surface area contributed by atoms with Gasteiger partial charge in [0.2, 0.25) is 0 Å². The maximum absolute atomic E-state index is 6.02. The highest BCUT2D eigenvalue weighted by molar-refractivity contribution is 4.85. The minimum atomic E-state index is 0.763. The first-order valence-corrected chi connectivity index (χ1v) is 8.79. The molecule has 0 radical (unpaired) electrons. The van der Waals surface area contributed by atoms with Gasteiger partial charge in [0, 0.05) is 12.6 Å². The van der Waals surface area contributed by atoms with Gasteiger partial charge in [-0.15, -0.1) is 0 Å². The van der Waals surface area contributed by atoms with Crippen LogP contribution in [-0.2, 0) is 0 Å². The average Bonchev–Trinajstić information content (AvgIpc) is 2.73. The van der Waals surface area contributed by atoms with Crippen molar-refractivity contribution in [2.75, 3.05) is 19.6 Å². The molecule has 0 aromatic heterocycles. The lowest BCUT2D eigenvalue weighted by atomic mass is 9.83. The van der Waals surface area contributed by atoms with Crippen LogP contribution < -0.4 is 5.73 Å². The zero-order valence-corrected chi connectivity index (χ0v) is 12.9. The van der Waals surface area contributed by atoms with E-state index in [0.717, 1.165) is 24.4 Å². The van der Waals surface area contributed by atoms with Crippen molar-refractivity contribution in [2.24, 2.45) is 17.6 Å². The first-order chi connectivity index (χ1) is 9.35. The molecule has 2 heteroatoms. The van der Waals surface area contributed by atoms with Crippen molar-refractivity contribution in [1.29, 1.82) is 0 Å². The number of nitrogens with zero attached hydrogens (tertiary/aromatic N) is 1. The van der Waals surface area contributed by atoms with E-state index in [1.807, 2.05) is 0 Å². The first kappa shape index (κ1) is 15.3. The molecular weight excluding hydrogens is 232 g/mol. The van der Waals surface area contributed by atoms with Gasteiger partial charge in [-0.1, -0.05) is 45.4 Å². The molecule has 19 heavy (non-hydrogen) atoms. The Morgan fingerprint density at radius 1 is 0.895 bits per heavy atom. The lowest BCUT2D eigenvalue weighted by Crippen LogP contribution is -2.46. The highest BCUT2D eigenvalue weighted by atomic mass is 15.2. The van der Waals surface area contributed by atoms with Crippen molar-refractivity contribution in [1.82, 2.24) is 4.90 Å². The standard InChI is InChI=1S/C17H34N2/c1-2-19(14-15-9-5-3-4-6-10-15)17-12-8-7-11-16(17)13-18/h15-17H,2-14,18H2,1H3. The highest BCUT2D eigenvalue weighted by Crippen LogP contribution is 2.30. The van der Waals surface area contributed by atoms with Gasteiger partial charge in [-0.2, -0.15) is 0 Å². The summed E-state index contributed by atoms with van der Waals surface area (Å²) in [5.74, 6) is 1.72. The Morgan fingerprint density at radius 2 is 1.53 bits per heavy atom. The molecule has 2 fully saturated rings. The van der Waals surface area contributed by atoms with E-state index in [2.05, 4.69) is 11.8 Å². The van der Waals surface area contributed by atoms with Crippen LogP contribution in [0.3, 0.4) is 0 Å². The van der Waals surface area contributed by atoms with Crippen molar-refractivity contribution in [3.63, 3.8) is 0 Å². The largest absolute Gasteiger partial charge is 0.330 e. The Balaban J connectivity index is 1.89. The fourth-order valence-electron chi connectivity index (χ4n) is 4.32. The molecule has 0 heterocycles. The summed E-state index contributed by atoms with van der Waals surface area (Å²) in [6, 6.07) is 0.784. The number of hydrogen-bond acceptors (Lipinski definition) is 2. The van der Waals surface area contributed by atoms with Crippen molar-refractivity contribution < 1.29 is 0 Å². The van der Waals surface area contributed by atoms with Crippen LogP contribution in [0.25, 0.3) is 0 Å². The maximum Gasteiger partial charge on any atom is 0.0135 e. The van der Waals surface area contributed by atoms with Crippen molar-refractivity contribution >= 4 is 0 Å². The summed E-state index contributed by atoms with van der Waals surface area (Å²) in [6.45, 7) is 5.81. The van der Waals surface area contributed by atoms with Gasteiger partial charge in [0.15, 0.2) is 0 Å². The van der Waals surface area contributed by atoms with Gasteiger partial charge in [0.25, 0.3) is 0 Å². The fourth-order valence-corrected chi connectivity index (χ4v) is 4.32. The summed E-state index contributed by atoms with van der Waals surface area (Å²) in [5, 5.41) is 0. The molecule has 0 amide bonds. The summed E-state index contributed by atoms with van der Waals surface area (Å²) in [4.78, 5) is 2.78. The summed E-state index contributed by atoms with van der Waals surface area (Å²) < 4.78 is 0. The molecule has 112 valence electrons. The fraction of sp³-hybridized carbons (Fsp3) is 1.00. The minimum Gasteiger partial charge on any atom is -0.330 e. The maximum atomic E-state index is 6.02. The third-order valence-corrected chi connectivity index (χ3v) is 5.51. The van der Waals surface area contributed by atoms with Crippen LogP contribution in [0.2, 0.25) is 0 Å². The predicted molar refractivity (Wildman–Crippen MR) is 83.2 cm³/mol. The summed E-state index contributed by atoms with van der Waals surface area (Å²) in [6.07, 6.45) is 14.4. The van der Waals surface area contributed by atoms with Gasteiger partial charge in [-0.25, -0.2) is 0 Å². The minimum absolute atomic E-state index is 0.763. The molecule has 2 nitrogen and oxygen atoms in total. The van der Waals surface area contributed by atoms with E-state index in [9.17, 15) is 0 Å². The Morgan fingerprint density at radius 3 is 2.16 bits per heavy atom. The van der Waals surface area contributed by atoms with Crippen molar-refractivity contribution in [2.45, 2.75) is 77.2 Å². The first-order valence-electron chi connectivity index (χ1n) is 8.79. The second kappa shape index (κ2) is 8.26. The third kappa shape index (κ3) is 4.46. The topological polar surface area (TPSA) is 29.3 Å². The van der Waals surface area contributed by atoms with Crippen LogP contribution in [0.15, 0.2) is 0 Å². The van der Waals surface area contributed by atoms with Crippen LogP contribution >= 0.6 is 0 Å². The summed E-state index contributed by atoms with van der Waals surface area (Å²) in [7, 11) is 0. The van der Waals surface area contributed by atoms with Crippen LogP contribution in [0.1, 0.15) is 71.1 Å². The Kier molecular flexibility index (Phi) is 6.66. The lowest BCUT2D eigenvalue weighted by molar-refractivity contribution is 0.0922. The van der Waals surface area contributed by atoms with Gasteiger partial charge < -0.3 is 10.6 Å². The van der Waals surface area contributed by atoms with Gasteiger partial charge in [0.05, 0.1) is 0 Å². The molecule has 0 spiro atoms. The molecule has 2 rings (SSSR count). The van der Waals surface area contributed by atoms with Crippen LogP contribution in [0.4, 0.5) is 0 Å². The van der Waals surface area contributed by atoms with E-state index < -0.39 is 0 Å². The van der Waals surface area contributed by atoms with E-state index in [1.165, 1.54) is 77.3 Å². The normalized spacial score (nSPS) is 30.5. The van der Waals surface area contributed by atoms with Crippen LogP contribution in [0.5, 0.6) is 0 Å². The van der Waals surface area contributed by atoms with Gasteiger partial charge >= 0.3 is 0 Å².